The molecule has 0 aromatic heterocycles. The predicted molar refractivity (Wildman–Crippen MR) is 53.5 cm³/mol. The molecule has 1 aliphatic heterocycles. The van der Waals surface area contributed by atoms with Gasteiger partial charge in [-0.25, -0.2) is 0 Å². The van der Waals surface area contributed by atoms with Crippen molar-refractivity contribution in [2.75, 3.05) is 13.2 Å². The van der Waals surface area contributed by atoms with Gasteiger partial charge in [0.1, 0.15) is 0 Å². The Morgan fingerprint density at radius 2 is 2.00 bits per heavy atom. The average Bonchev–Trinajstić information content (AvgIpc) is 2.02. The van der Waals surface area contributed by atoms with Gasteiger partial charge in [0.05, 0.1) is 6.61 Å². The summed E-state index contributed by atoms with van der Waals surface area (Å²) < 4.78 is 5.49. The largest absolute Gasteiger partial charge is 0.381 e. The van der Waals surface area contributed by atoms with Gasteiger partial charge in [-0.3, -0.25) is 0 Å². The molecule has 2 heteroatoms. The summed E-state index contributed by atoms with van der Waals surface area (Å²) in [6, 6.07) is 0. The molecule has 2 aliphatic rings. The molecular formula is C11H21NO. The molecule has 76 valence electrons. The quantitative estimate of drug-likeness (QED) is 0.674. The van der Waals surface area contributed by atoms with Crippen LogP contribution in [-0.2, 0) is 4.74 Å². The van der Waals surface area contributed by atoms with E-state index in [-0.39, 0.29) is 5.54 Å². The Bertz CT molecular complexity index is 186. The molecule has 1 aliphatic carbocycles. The van der Waals surface area contributed by atoms with E-state index in [4.69, 9.17) is 10.5 Å². The maximum Gasteiger partial charge on any atom is 0.0511 e. The first-order chi connectivity index (χ1) is 6.02. The molecule has 2 N–H and O–H groups in total. The summed E-state index contributed by atoms with van der Waals surface area (Å²) in [5.74, 6) is 0.620. The lowest BCUT2D eigenvalue weighted by molar-refractivity contribution is -0.0490. The van der Waals surface area contributed by atoms with Crippen LogP contribution in [0.2, 0.25) is 0 Å². The second kappa shape index (κ2) is 2.96. The number of rotatable bonds is 1. The third-order valence-electron chi connectivity index (χ3n) is 3.59. The Morgan fingerprint density at radius 3 is 2.46 bits per heavy atom. The van der Waals surface area contributed by atoms with Crippen LogP contribution in [0.25, 0.3) is 0 Å². The van der Waals surface area contributed by atoms with Crippen LogP contribution in [0, 0.1) is 11.3 Å². The Kier molecular flexibility index (Phi) is 2.16. The molecule has 2 rings (SSSR count). The van der Waals surface area contributed by atoms with Crippen molar-refractivity contribution in [3.05, 3.63) is 0 Å². The van der Waals surface area contributed by atoms with Gasteiger partial charge in [-0.05, 0) is 31.1 Å². The average molecular weight is 183 g/mol. The lowest BCUT2D eigenvalue weighted by atomic mass is 9.54. The second-order valence-corrected chi connectivity index (χ2v) is 5.66. The molecule has 2 fully saturated rings. The lowest BCUT2D eigenvalue weighted by Gasteiger charge is -2.55. The van der Waals surface area contributed by atoms with Gasteiger partial charge in [-0.1, -0.05) is 13.8 Å². The van der Waals surface area contributed by atoms with Crippen LogP contribution in [0.1, 0.15) is 39.5 Å². The van der Waals surface area contributed by atoms with Gasteiger partial charge in [0.15, 0.2) is 0 Å². The highest BCUT2D eigenvalue weighted by Crippen LogP contribution is 2.51. The first-order valence-electron chi connectivity index (χ1n) is 5.39. The van der Waals surface area contributed by atoms with Gasteiger partial charge in [-0.2, -0.15) is 0 Å². The fourth-order valence-electron chi connectivity index (χ4n) is 3.21. The summed E-state index contributed by atoms with van der Waals surface area (Å²) in [5, 5.41) is 0. The molecule has 1 saturated heterocycles. The Morgan fingerprint density at radius 1 is 1.31 bits per heavy atom. The Balaban J connectivity index is 1.93. The van der Waals surface area contributed by atoms with Crippen molar-refractivity contribution >= 4 is 0 Å². The first kappa shape index (κ1) is 9.47. The van der Waals surface area contributed by atoms with E-state index in [9.17, 15) is 0 Å². The minimum atomic E-state index is 0.101. The summed E-state index contributed by atoms with van der Waals surface area (Å²) in [6.45, 7) is 6.45. The third kappa shape index (κ3) is 1.75. The van der Waals surface area contributed by atoms with Crippen molar-refractivity contribution in [3.8, 4) is 0 Å². The molecule has 0 aromatic carbocycles. The molecule has 1 unspecified atom stereocenters. The lowest BCUT2D eigenvalue weighted by Crippen LogP contribution is -2.62. The number of hydrogen-bond donors (Lipinski definition) is 1. The topological polar surface area (TPSA) is 35.2 Å². The fourth-order valence-corrected chi connectivity index (χ4v) is 3.21. The van der Waals surface area contributed by atoms with Gasteiger partial charge in [0, 0.05) is 18.1 Å². The van der Waals surface area contributed by atoms with Crippen LogP contribution >= 0.6 is 0 Å². The smallest absolute Gasteiger partial charge is 0.0511 e. The molecule has 0 spiro atoms. The molecule has 1 saturated carbocycles. The molecule has 0 radical (unpaired) electrons. The summed E-state index contributed by atoms with van der Waals surface area (Å²) in [5.41, 5.74) is 6.95. The summed E-state index contributed by atoms with van der Waals surface area (Å²) >= 11 is 0. The van der Waals surface area contributed by atoms with Crippen LogP contribution < -0.4 is 5.73 Å². The van der Waals surface area contributed by atoms with Crippen LogP contribution in [-0.4, -0.2) is 18.8 Å². The number of nitrogens with two attached hydrogens (primary N) is 1. The summed E-state index contributed by atoms with van der Waals surface area (Å²) in [7, 11) is 0. The standard InChI is InChI=1S/C11H21NO/c1-10(2)7-11(12,8-10)9-4-3-5-13-6-9/h9H,3-8,12H2,1-2H3. The SMILES string of the molecule is CC1(C)CC(N)(C2CCCOC2)C1. The molecule has 1 atom stereocenters. The monoisotopic (exact) mass is 183 g/mol. The van der Waals surface area contributed by atoms with E-state index in [2.05, 4.69) is 13.8 Å². The zero-order chi connectivity index (χ0) is 9.53. The molecular weight excluding hydrogens is 162 g/mol. The Labute approximate surface area is 80.8 Å². The molecule has 1 heterocycles. The van der Waals surface area contributed by atoms with Gasteiger partial charge in [0.25, 0.3) is 0 Å². The minimum absolute atomic E-state index is 0.101. The fraction of sp³-hybridized carbons (Fsp3) is 1.00. The van der Waals surface area contributed by atoms with Crippen LogP contribution in [0.3, 0.4) is 0 Å². The number of ether oxygens (including phenoxy) is 1. The first-order valence-corrected chi connectivity index (χ1v) is 5.39. The van der Waals surface area contributed by atoms with Crippen molar-refractivity contribution in [1.29, 1.82) is 0 Å². The second-order valence-electron chi connectivity index (χ2n) is 5.66. The zero-order valence-corrected chi connectivity index (χ0v) is 8.81. The van der Waals surface area contributed by atoms with Crippen molar-refractivity contribution in [3.63, 3.8) is 0 Å². The van der Waals surface area contributed by atoms with E-state index in [1.807, 2.05) is 0 Å². The number of hydrogen-bond acceptors (Lipinski definition) is 2. The van der Waals surface area contributed by atoms with E-state index >= 15 is 0 Å². The van der Waals surface area contributed by atoms with Gasteiger partial charge in [-0.15, -0.1) is 0 Å². The van der Waals surface area contributed by atoms with Crippen molar-refractivity contribution < 1.29 is 4.74 Å². The maximum atomic E-state index is 6.37. The molecule has 0 aromatic rings. The van der Waals surface area contributed by atoms with Gasteiger partial charge >= 0.3 is 0 Å². The van der Waals surface area contributed by atoms with E-state index in [1.54, 1.807) is 0 Å². The van der Waals surface area contributed by atoms with Gasteiger partial charge in [0.2, 0.25) is 0 Å². The molecule has 13 heavy (non-hydrogen) atoms. The van der Waals surface area contributed by atoms with Crippen molar-refractivity contribution in [2.45, 2.75) is 45.1 Å². The van der Waals surface area contributed by atoms with Crippen molar-refractivity contribution in [2.24, 2.45) is 17.1 Å². The van der Waals surface area contributed by atoms with E-state index in [0.29, 0.717) is 11.3 Å². The molecule has 2 nitrogen and oxygen atoms in total. The van der Waals surface area contributed by atoms with Gasteiger partial charge < -0.3 is 10.5 Å². The normalized spacial score (nSPS) is 36.7. The Hall–Kier alpha value is -0.0800. The predicted octanol–water partition coefficient (Wildman–Crippen LogP) is 1.93. The van der Waals surface area contributed by atoms with E-state index in [0.717, 1.165) is 13.2 Å². The third-order valence-corrected chi connectivity index (χ3v) is 3.59. The molecule has 0 bridgehead atoms. The van der Waals surface area contributed by atoms with E-state index < -0.39 is 0 Å². The highest BCUT2D eigenvalue weighted by molar-refractivity contribution is 5.07. The van der Waals surface area contributed by atoms with Crippen LogP contribution in [0.15, 0.2) is 0 Å². The highest BCUT2D eigenvalue weighted by Gasteiger charge is 2.50. The van der Waals surface area contributed by atoms with Crippen molar-refractivity contribution in [1.82, 2.24) is 0 Å². The highest BCUT2D eigenvalue weighted by atomic mass is 16.5. The maximum absolute atomic E-state index is 6.37. The molecule has 0 amide bonds. The zero-order valence-electron chi connectivity index (χ0n) is 8.81. The van der Waals surface area contributed by atoms with Crippen LogP contribution in [0.4, 0.5) is 0 Å². The summed E-state index contributed by atoms with van der Waals surface area (Å²) in [4.78, 5) is 0. The van der Waals surface area contributed by atoms with Crippen LogP contribution in [0.5, 0.6) is 0 Å². The van der Waals surface area contributed by atoms with E-state index in [1.165, 1.54) is 25.7 Å². The minimum Gasteiger partial charge on any atom is -0.381 e. The summed E-state index contributed by atoms with van der Waals surface area (Å²) in [6.07, 6.45) is 4.82.